The Hall–Kier alpha value is -0.630. The lowest BCUT2D eigenvalue weighted by Crippen LogP contribution is -2.46. The molecule has 0 spiro atoms. The average Bonchev–Trinajstić information content (AvgIpc) is 2.75. The van der Waals surface area contributed by atoms with Crippen molar-refractivity contribution < 1.29 is 18.4 Å². The van der Waals surface area contributed by atoms with Gasteiger partial charge in [-0.2, -0.15) is 24.9 Å². The molecular formula is C11H20F3N3OS. The van der Waals surface area contributed by atoms with Gasteiger partial charge < -0.3 is 16.3 Å². The van der Waals surface area contributed by atoms with Gasteiger partial charge in [0.25, 0.3) is 0 Å². The highest BCUT2D eigenvalue weighted by Crippen LogP contribution is 2.31. The second-order valence-electron chi connectivity index (χ2n) is 4.56. The van der Waals surface area contributed by atoms with E-state index in [2.05, 4.69) is 10.5 Å². The van der Waals surface area contributed by atoms with Crippen LogP contribution in [0, 0.1) is 5.92 Å². The lowest BCUT2D eigenvalue weighted by Gasteiger charge is -2.24. The minimum Gasteiger partial charge on any atom is -0.409 e. The number of nitrogens with one attached hydrogen (secondary N) is 1. The Morgan fingerprint density at radius 2 is 2.21 bits per heavy atom. The van der Waals surface area contributed by atoms with Crippen LogP contribution in [0.5, 0.6) is 0 Å². The molecule has 1 rings (SSSR count). The van der Waals surface area contributed by atoms with Crippen molar-refractivity contribution >= 4 is 17.6 Å². The van der Waals surface area contributed by atoms with E-state index in [9.17, 15) is 13.2 Å². The predicted molar refractivity (Wildman–Crippen MR) is 70.5 cm³/mol. The van der Waals surface area contributed by atoms with E-state index < -0.39 is 17.9 Å². The minimum absolute atomic E-state index is 0.0706. The third-order valence-corrected chi connectivity index (χ3v) is 4.61. The number of nitrogens with two attached hydrogens (primary N) is 1. The number of amidine groups is 1. The van der Waals surface area contributed by atoms with E-state index in [1.807, 2.05) is 6.92 Å². The van der Waals surface area contributed by atoms with Crippen molar-refractivity contribution in [3.05, 3.63) is 0 Å². The van der Waals surface area contributed by atoms with Gasteiger partial charge >= 0.3 is 6.18 Å². The number of hydrogen-bond acceptors (Lipinski definition) is 4. The summed E-state index contributed by atoms with van der Waals surface area (Å²) in [6, 6.07) is 0.0706. The average molecular weight is 299 g/mol. The quantitative estimate of drug-likeness (QED) is 0.304. The maximum atomic E-state index is 12.8. The molecule has 1 saturated carbocycles. The van der Waals surface area contributed by atoms with E-state index in [1.165, 1.54) is 0 Å². The molecule has 0 aromatic heterocycles. The normalized spacial score (nSPS) is 26.6. The Labute approximate surface area is 115 Å². The lowest BCUT2D eigenvalue weighted by atomic mass is 10.1. The van der Waals surface area contributed by atoms with Gasteiger partial charge in [0.1, 0.15) is 5.92 Å². The molecule has 3 unspecified atom stereocenters. The summed E-state index contributed by atoms with van der Waals surface area (Å²) in [4.78, 5) is 0. The molecule has 0 bridgehead atoms. The maximum Gasteiger partial charge on any atom is 0.400 e. The first-order valence-corrected chi connectivity index (χ1v) is 7.34. The number of halogens is 3. The van der Waals surface area contributed by atoms with Crippen molar-refractivity contribution in [3.8, 4) is 0 Å². The van der Waals surface area contributed by atoms with Crippen molar-refractivity contribution in [2.24, 2.45) is 16.8 Å². The van der Waals surface area contributed by atoms with Crippen molar-refractivity contribution in [3.63, 3.8) is 0 Å². The molecule has 0 aromatic carbocycles. The number of rotatable bonds is 6. The second-order valence-corrected chi connectivity index (χ2v) is 6.07. The highest BCUT2D eigenvalue weighted by Gasteiger charge is 2.43. The summed E-state index contributed by atoms with van der Waals surface area (Å²) in [5.41, 5.74) is 5.12. The first-order chi connectivity index (χ1) is 8.90. The van der Waals surface area contributed by atoms with Gasteiger partial charge in [-0.25, -0.2) is 0 Å². The largest absolute Gasteiger partial charge is 0.409 e. The fourth-order valence-electron chi connectivity index (χ4n) is 2.30. The summed E-state index contributed by atoms with van der Waals surface area (Å²) < 4.78 is 38.3. The van der Waals surface area contributed by atoms with Crippen LogP contribution < -0.4 is 11.1 Å². The fourth-order valence-corrected chi connectivity index (χ4v) is 3.53. The standard InChI is InChI=1S/C11H20F3N3OS/c1-2-19-9-5-3-4-8(9)16-6-7(10(15)17-18)11(12,13)14/h7-9,16,18H,2-6H2,1H3,(H2,15,17). The summed E-state index contributed by atoms with van der Waals surface area (Å²) in [5.74, 6) is -1.78. The van der Waals surface area contributed by atoms with E-state index in [1.54, 1.807) is 11.8 Å². The second kappa shape index (κ2) is 7.23. The topological polar surface area (TPSA) is 70.6 Å². The van der Waals surface area contributed by atoms with E-state index in [4.69, 9.17) is 10.9 Å². The van der Waals surface area contributed by atoms with Gasteiger partial charge in [0.15, 0.2) is 5.84 Å². The minimum atomic E-state index is -4.50. The van der Waals surface area contributed by atoms with Crippen LogP contribution in [0.3, 0.4) is 0 Å². The van der Waals surface area contributed by atoms with Crippen molar-refractivity contribution in [1.29, 1.82) is 0 Å². The summed E-state index contributed by atoms with van der Waals surface area (Å²) in [7, 11) is 0. The van der Waals surface area contributed by atoms with Crippen molar-refractivity contribution in [1.82, 2.24) is 5.32 Å². The van der Waals surface area contributed by atoms with Gasteiger partial charge in [0.2, 0.25) is 0 Å². The molecule has 4 nitrogen and oxygen atoms in total. The number of oxime groups is 1. The van der Waals surface area contributed by atoms with E-state index in [0.29, 0.717) is 5.25 Å². The zero-order valence-electron chi connectivity index (χ0n) is 10.8. The smallest absolute Gasteiger partial charge is 0.400 e. The monoisotopic (exact) mass is 299 g/mol. The van der Waals surface area contributed by atoms with Gasteiger partial charge in [-0.05, 0) is 18.6 Å². The van der Waals surface area contributed by atoms with Gasteiger partial charge in [-0.3, -0.25) is 0 Å². The van der Waals surface area contributed by atoms with Crippen LogP contribution >= 0.6 is 11.8 Å². The first kappa shape index (κ1) is 16.4. The van der Waals surface area contributed by atoms with Crippen molar-refractivity contribution in [2.45, 2.75) is 43.7 Å². The zero-order chi connectivity index (χ0) is 14.5. The van der Waals surface area contributed by atoms with Crippen LogP contribution in [0.4, 0.5) is 13.2 Å². The number of hydrogen-bond donors (Lipinski definition) is 3. The van der Waals surface area contributed by atoms with Crippen LogP contribution in [0.2, 0.25) is 0 Å². The molecule has 0 heterocycles. The Kier molecular flexibility index (Phi) is 6.25. The molecule has 0 amide bonds. The Bertz CT molecular complexity index is 312. The fraction of sp³-hybridized carbons (Fsp3) is 0.909. The molecule has 1 aliphatic carbocycles. The van der Waals surface area contributed by atoms with E-state index in [-0.39, 0.29) is 12.6 Å². The summed E-state index contributed by atoms with van der Waals surface area (Å²) >= 11 is 1.77. The molecular weight excluding hydrogens is 279 g/mol. The third kappa shape index (κ3) is 4.76. The molecule has 19 heavy (non-hydrogen) atoms. The molecule has 0 aromatic rings. The molecule has 8 heteroatoms. The summed E-state index contributed by atoms with van der Waals surface area (Å²) in [6.07, 6.45) is -1.58. The molecule has 0 aliphatic heterocycles. The van der Waals surface area contributed by atoms with E-state index >= 15 is 0 Å². The summed E-state index contributed by atoms with van der Waals surface area (Å²) in [5, 5.41) is 14.2. The highest BCUT2D eigenvalue weighted by molar-refractivity contribution is 7.99. The van der Waals surface area contributed by atoms with Crippen LogP contribution in [0.1, 0.15) is 26.2 Å². The van der Waals surface area contributed by atoms with E-state index in [0.717, 1.165) is 25.0 Å². The SMILES string of the molecule is CCSC1CCCC1NCC(C(N)=NO)C(F)(F)F. The van der Waals surface area contributed by atoms with Gasteiger partial charge in [-0.1, -0.05) is 18.5 Å². The van der Waals surface area contributed by atoms with Crippen LogP contribution in [0.25, 0.3) is 0 Å². The Morgan fingerprint density at radius 1 is 1.53 bits per heavy atom. The summed E-state index contributed by atoms with van der Waals surface area (Å²) in [6.45, 7) is 1.69. The van der Waals surface area contributed by atoms with Crippen LogP contribution in [0.15, 0.2) is 5.16 Å². The molecule has 112 valence electrons. The lowest BCUT2D eigenvalue weighted by molar-refractivity contribution is -0.155. The molecule has 3 atom stereocenters. The first-order valence-electron chi connectivity index (χ1n) is 6.29. The third-order valence-electron chi connectivity index (χ3n) is 3.29. The zero-order valence-corrected chi connectivity index (χ0v) is 11.6. The van der Waals surface area contributed by atoms with Crippen molar-refractivity contribution in [2.75, 3.05) is 12.3 Å². The maximum absolute atomic E-state index is 12.8. The molecule has 0 saturated heterocycles. The number of nitrogens with zero attached hydrogens (tertiary/aromatic N) is 1. The number of alkyl halides is 3. The van der Waals surface area contributed by atoms with Crippen LogP contribution in [-0.2, 0) is 0 Å². The van der Waals surface area contributed by atoms with Gasteiger partial charge in [0.05, 0.1) is 0 Å². The Morgan fingerprint density at radius 3 is 2.74 bits per heavy atom. The Balaban J connectivity index is 2.57. The molecule has 4 N–H and O–H groups in total. The molecule has 1 fully saturated rings. The van der Waals surface area contributed by atoms with Gasteiger partial charge in [-0.15, -0.1) is 0 Å². The predicted octanol–water partition coefficient (Wildman–Crippen LogP) is 2.18. The molecule has 0 radical (unpaired) electrons. The highest BCUT2D eigenvalue weighted by atomic mass is 32.2. The number of thioether (sulfide) groups is 1. The van der Waals surface area contributed by atoms with Gasteiger partial charge in [0, 0.05) is 17.8 Å². The van der Waals surface area contributed by atoms with Crippen LogP contribution in [-0.4, -0.2) is 40.8 Å². The molecule has 1 aliphatic rings.